The molecule has 2 N–H and O–H groups in total. The van der Waals surface area contributed by atoms with E-state index in [2.05, 4.69) is 9.97 Å². The van der Waals surface area contributed by atoms with Gasteiger partial charge in [-0.3, -0.25) is 4.79 Å². The Morgan fingerprint density at radius 1 is 1.39 bits per heavy atom. The number of halogens is 1. The molecular formula is C11H7ClN2O4. The standard InChI is InChI=1S/C11H7ClN2O4/c12-8-9(15)13-5-14-10(8)18-7-4-2-1-3-6(7)11(16)17/h1-5H,(H,16,17)(H,13,14,15). The molecule has 0 unspecified atom stereocenters. The van der Waals surface area contributed by atoms with E-state index in [1.807, 2.05) is 0 Å². The summed E-state index contributed by atoms with van der Waals surface area (Å²) in [6.07, 6.45) is 1.12. The van der Waals surface area contributed by atoms with Crippen molar-refractivity contribution in [3.8, 4) is 11.6 Å². The van der Waals surface area contributed by atoms with Crippen molar-refractivity contribution in [2.45, 2.75) is 0 Å². The molecule has 1 heterocycles. The molecule has 18 heavy (non-hydrogen) atoms. The SMILES string of the molecule is O=C(O)c1ccccc1Oc1nc[nH]c(=O)c1Cl. The van der Waals surface area contributed by atoms with E-state index >= 15 is 0 Å². The molecule has 0 bridgehead atoms. The number of aromatic amines is 1. The van der Waals surface area contributed by atoms with E-state index in [9.17, 15) is 9.59 Å². The van der Waals surface area contributed by atoms with Gasteiger partial charge < -0.3 is 14.8 Å². The Morgan fingerprint density at radius 2 is 2.11 bits per heavy atom. The quantitative estimate of drug-likeness (QED) is 0.885. The summed E-state index contributed by atoms with van der Waals surface area (Å²) in [5.41, 5.74) is -0.606. The number of para-hydroxylation sites is 1. The molecule has 0 aliphatic heterocycles. The first-order valence-corrected chi connectivity index (χ1v) is 5.20. The summed E-state index contributed by atoms with van der Waals surface area (Å²) in [7, 11) is 0. The van der Waals surface area contributed by atoms with E-state index in [4.69, 9.17) is 21.4 Å². The lowest BCUT2D eigenvalue weighted by atomic mass is 10.2. The van der Waals surface area contributed by atoms with Crippen LogP contribution in [0.25, 0.3) is 0 Å². The molecule has 1 aromatic carbocycles. The van der Waals surface area contributed by atoms with E-state index < -0.39 is 11.5 Å². The minimum absolute atomic E-state index is 0.0457. The summed E-state index contributed by atoms with van der Waals surface area (Å²) in [4.78, 5) is 28.2. The molecule has 0 aliphatic carbocycles. The lowest BCUT2D eigenvalue weighted by Gasteiger charge is -2.07. The monoisotopic (exact) mass is 266 g/mol. The van der Waals surface area contributed by atoms with Crippen LogP contribution in [-0.2, 0) is 0 Å². The topological polar surface area (TPSA) is 92.3 Å². The molecule has 0 saturated carbocycles. The lowest BCUT2D eigenvalue weighted by Crippen LogP contribution is -2.08. The Hall–Kier alpha value is -2.34. The highest BCUT2D eigenvalue weighted by Crippen LogP contribution is 2.26. The van der Waals surface area contributed by atoms with E-state index in [0.717, 1.165) is 6.33 Å². The van der Waals surface area contributed by atoms with Gasteiger partial charge in [-0.15, -0.1) is 0 Å². The van der Waals surface area contributed by atoms with Crippen molar-refractivity contribution in [1.29, 1.82) is 0 Å². The number of H-pyrrole nitrogens is 1. The van der Waals surface area contributed by atoms with Gasteiger partial charge in [-0.1, -0.05) is 23.7 Å². The van der Waals surface area contributed by atoms with Gasteiger partial charge in [0.05, 0.1) is 6.33 Å². The Balaban J connectivity index is 2.43. The van der Waals surface area contributed by atoms with Crippen LogP contribution in [0.2, 0.25) is 5.02 Å². The minimum Gasteiger partial charge on any atom is -0.478 e. The number of aromatic carboxylic acids is 1. The molecule has 0 radical (unpaired) electrons. The van der Waals surface area contributed by atoms with E-state index in [-0.39, 0.29) is 22.2 Å². The highest BCUT2D eigenvalue weighted by molar-refractivity contribution is 6.31. The zero-order chi connectivity index (χ0) is 13.1. The predicted octanol–water partition coefficient (Wildman–Crippen LogP) is 1.91. The molecule has 1 aromatic heterocycles. The summed E-state index contributed by atoms with van der Waals surface area (Å²) < 4.78 is 5.24. The van der Waals surface area contributed by atoms with Crippen LogP contribution in [-0.4, -0.2) is 21.0 Å². The molecule has 92 valence electrons. The highest BCUT2D eigenvalue weighted by atomic mass is 35.5. The smallest absolute Gasteiger partial charge is 0.339 e. The number of hydrogen-bond donors (Lipinski definition) is 2. The molecule has 6 nitrogen and oxygen atoms in total. The van der Waals surface area contributed by atoms with Gasteiger partial charge in [0, 0.05) is 0 Å². The maximum atomic E-state index is 11.2. The summed E-state index contributed by atoms with van der Waals surface area (Å²) in [5, 5.41) is 8.73. The predicted molar refractivity (Wildman–Crippen MR) is 63.3 cm³/mol. The Morgan fingerprint density at radius 3 is 2.83 bits per heavy atom. The van der Waals surface area contributed by atoms with Crippen molar-refractivity contribution < 1.29 is 14.6 Å². The number of carbonyl (C=O) groups is 1. The van der Waals surface area contributed by atoms with Crippen LogP contribution < -0.4 is 10.3 Å². The van der Waals surface area contributed by atoms with Crippen molar-refractivity contribution in [3.63, 3.8) is 0 Å². The third kappa shape index (κ3) is 2.33. The van der Waals surface area contributed by atoms with Gasteiger partial charge in [0.2, 0.25) is 5.88 Å². The van der Waals surface area contributed by atoms with Gasteiger partial charge >= 0.3 is 5.97 Å². The zero-order valence-electron chi connectivity index (χ0n) is 8.88. The molecule has 0 atom stereocenters. The summed E-state index contributed by atoms with van der Waals surface area (Å²) in [6, 6.07) is 5.98. The van der Waals surface area contributed by atoms with E-state index in [1.165, 1.54) is 12.1 Å². The maximum absolute atomic E-state index is 11.2. The second-order valence-corrected chi connectivity index (χ2v) is 3.63. The van der Waals surface area contributed by atoms with Crippen molar-refractivity contribution in [2.75, 3.05) is 0 Å². The van der Waals surface area contributed by atoms with Crippen LogP contribution in [0, 0.1) is 0 Å². The van der Waals surface area contributed by atoms with E-state index in [1.54, 1.807) is 12.1 Å². The second kappa shape index (κ2) is 4.89. The van der Waals surface area contributed by atoms with Gasteiger partial charge in [0.15, 0.2) is 5.02 Å². The third-order valence-electron chi connectivity index (χ3n) is 2.09. The summed E-state index contributed by atoms with van der Waals surface area (Å²) in [6.45, 7) is 0. The van der Waals surface area contributed by atoms with E-state index in [0.29, 0.717) is 0 Å². The van der Waals surface area contributed by atoms with Gasteiger partial charge in [-0.25, -0.2) is 9.78 Å². The first-order chi connectivity index (χ1) is 8.59. The number of rotatable bonds is 3. The highest BCUT2D eigenvalue weighted by Gasteiger charge is 2.14. The fourth-order valence-electron chi connectivity index (χ4n) is 1.27. The van der Waals surface area contributed by atoms with Crippen LogP contribution in [0.15, 0.2) is 35.4 Å². The normalized spacial score (nSPS) is 10.1. The molecule has 0 fully saturated rings. The van der Waals surface area contributed by atoms with Gasteiger partial charge in [-0.2, -0.15) is 0 Å². The Labute approximate surface area is 106 Å². The average Bonchev–Trinajstić information content (AvgIpc) is 2.35. The van der Waals surface area contributed by atoms with Gasteiger partial charge in [0.1, 0.15) is 11.3 Å². The number of nitrogens with one attached hydrogen (secondary N) is 1. The van der Waals surface area contributed by atoms with Gasteiger partial charge in [0.25, 0.3) is 5.56 Å². The second-order valence-electron chi connectivity index (χ2n) is 3.25. The molecule has 7 heteroatoms. The molecule has 2 aromatic rings. The average molecular weight is 267 g/mol. The fourth-order valence-corrected chi connectivity index (χ4v) is 1.42. The number of carboxylic acid groups (broad SMARTS) is 1. The van der Waals surface area contributed by atoms with Crippen LogP contribution in [0.4, 0.5) is 0 Å². The summed E-state index contributed by atoms with van der Waals surface area (Å²) in [5.74, 6) is -1.23. The molecule has 2 rings (SSSR count). The van der Waals surface area contributed by atoms with Gasteiger partial charge in [-0.05, 0) is 12.1 Å². The molecule has 0 amide bonds. The van der Waals surface area contributed by atoms with Crippen LogP contribution in [0.1, 0.15) is 10.4 Å². The first kappa shape index (κ1) is 12.1. The van der Waals surface area contributed by atoms with Crippen LogP contribution >= 0.6 is 11.6 Å². The molecule has 0 aliphatic rings. The molecular weight excluding hydrogens is 260 g/mol. The number of carboxylic acids is 1. The summed E-state index contributed by atoms with van der Waals surface area (Å²) >= 11 is 5.70. The number of hydrogen-bond acceptors (Lipinski definition) is 4. The minimum atomic E-state index is -1.15. The van der Waals surface area contributed by atoms with Crippen molar-refractivity contribution in [1.82, 2.24) is 9.97 Å². The molecule has 0 saturated heterocycles. The van der Waals surface area contributed by atoms with Crippen molar-refractivity contribution >= 4 is 17.6 Å². The largest absolute Gasteiger partial charge is 0.478 e. The van der Waals surface area contributed by atoms with Crippen LogP contribution in [0.5, 0.6) is 11.6 Å². The molecule has 0 spiro atoms. The Kier molecular flexibility index (Phi) is 3.29. The first-order valence-electron chi connectivity index (χ1n) is 4.83. The maximum Gasteiger partial charge on any atom is 0.339 e. The number of aromatic nitrogens is 2. The number of benzene rings is 1. The van der Waals surface area contributed by atoms with Crippen molar-refractivity contribution in [2.24, 2.45) is 0 Å². The zero-order valence-corrected chi connectivity index (χ0v) is 9.64. The lowest BCUT2D eigenvalue weighted by molar-refractivity contribution is 0.0694. The number of nitrogens with zero attached hydrogens (tertiary/aromatic N) is 1. The van der Waals surface area contributed by atoms with Crippen LogP contribution in [0.3, 0.4) is 0 Å². The Bertz CT molecular complexity index is 653. The number of ether oxygens (including phenoxy) is 1. The van der Waals surface area contributed by atoms with Crippen molar-refractivity contribution in [3.05, 3.63) is 51.5 Å². The third-order valence-corrected chi connectivity index (χ3v) is 2.42. The fraction of sp³-hybridized carbons (Fsp3) is 0.